The zero-order valence-electron chi connectivity index (χ0n) is 7.97. The van der Waals surface area contributed by atoms with E-state index in [0.717, 1.165) is 12.2 Å². The van der Waals surface area contributed by atoms with Gasteiger partial charge in [-0.15, -0.1) is 0 Å². The molecule has 0 aliphatic carbocycles. The lowest BCUT2D eigenvalue weighted by Crippen LogP contribution is -2.36. The van der Waals surface area contributed by atoms with Crippen molar-refractivity contribution in [1.29, 1.82) is 0 Å². The van der Waals surface area contributed by atoms with Gasteiger partial charge in [0.25, 0.3) is 0 Å². The van der Waals surface area contributed by atoms with Crippen LogP contribution in [-0.2, 0) is 11.3 Å². The standard InChI is InChI=1S/C8H14N4O2/c1-2-12-5-6(3-11-12)10-4-7(9)8(13)14/h3,5,7,10H,2,4,9H2,1H3,(H,13,14). The van der Waals surface area contributed by atoms with Gasteiger partial charge < -0.3 is 16.2 Å². The molecule has 1 rings (SSSR count). The number of nitrogens with zero attached hydrogens (tertiary/aromatic N) is 2. The van der Waals surface area contributed by atoms with Crippen molar-refractivity contribution in [1.82, 2.24) is 9.78 Å². The first-order valence-electron chi connectivity index (χ1n) is 4.38. The molecule has 0 amide bonds. The van der Waals surface area contributed by atoms with Crippen LogP contribution < -0.4 is 11.1 Å². The lowest BCUT2D eigenvalue weighted by Gasteiger charge is -2.06. The Labute approximate surface area is 81.7 Å². The number of nitrogens with one attached hydrogen (secondary N) is 1. The van der Waals surface area contributed by atoms with E-state index in [9.17, 15) is 4.79 Å². The molecule has 1 heterocycles. The van der Waals surface area contributed by atoms with Crippen LogP contribution in [0.1, 0.15) is 6.92 Å². The molecule has 0 aromatic carbocycles. The summed E-state index contributed by atoms with van der Waals surface area (Å²) in [5.74, 6) is -1.01. The van der Waals surface area contributed by atoms with Crippen LogP contribution in [0.15, 0.2) is 12.4 Å². The summed E-state index contributed by atoms with van der Waals surface area (Å²) >= 11 is 0. The fourth-order valence-corrected chi connectivity index (χ4v) is 0.943. The first-order chi connectivity index (χ1) is 6.63. The fraction of sp³-hybridized carbons (Fsp3) is 0.500. The monoisotopic (exact) mass is 198 g/mol. The predicted molar refractivity (Wildman–Crippen MR) is 52.0 cm³/mol. The zero-order valence-corrected chi connectivity index (χ0v) is 7.97. The molecule has 0 fully saturated rings. The summed E-state index contributed by atoms with van der Waals surface area (Å²) in [6.07, 6.45) is 3.44. The van der Waals surface area contributed by atoms with E-state index < -0.39 is 12.0 Å². The van der Waals surface area contributed by atoms with Crippen molar-refractivity contribution in [3.8, 4) is 0 Å². The summed E-state index contributed by atoms with van der Waals surface area (Å²) in [5, 5.41) is 15.4. The third-order valence-corrected chi connectivity index (χ3v) is 1.80. The van der Waals surface area contributed by atoms with Crippen molar-refractivity contribution in [2.75, 3.05) is 11.9 Å². The number of carboxylic acid groups (broad SMARTS) is 1. The summed E-state index contributed by atoms with van der Waals surface area (Å²) in [6.45, 7) is 2.96. The molecule has 78 valence electrons. The molecule has 0 saturated heterocycles. The first-order valence-corrected chi connectivity index (χ1v) is 4.38. The molecule has 0 bridgehead atoms. The minimum absolute atomic E-state index is 0.199. The lowest BCUT2D eigenvalue weighted by atomic mass is 10.3. The van der Waals surface area contributed by atoms with E-state index in [0.29, 0.717) is 0 Å². The van der Waals surface area contributed by atoms with Crippen LogP contribution in [0.25, 0.3) is 0 Å². The van der Waals surface area contributed by atoms with E-state index in [4.69, 9.17) is 10.8 Å². The van der Waals surface area contributed by atoms with Gasteiger partial charge in [-0.3, -0.25) is 9.48 Å². The van der Waals surface area contributed by atoms with Crippen LogP contribution in [0.5, 0.6) is 0 Å². The highest BCUT2D eigenvalue weighted by molar-refractivity contribution is 5.73. The van der Waals surface area contributed by atoms with E-state index >= 15 is 0 Å². The van der Waals surface area contributed by atoms with Crippen molar-refractivity contribution in [3.63, 3.8) is 0 Å². The minimum atomic E-state index is -1.01. The quantitative estimate of drug-likeness (QED) is 0.605. The summed E-state index contributed by atoms with van der Waals surface area (Å²) in [7, 11) is 0. The van der Waals surface area contributed by atoms with Crippen LogP contribution in [-0.4, -0.2) is 33.4 Å². The average molecular weight is 198 g/mol. The van der Waals surface area contributed by atoms with Gasteiger partial charge in [0.1, 0.15) is 6.04 Å². The van der Waals surface area contributed by atoms with Gasteiger partial charge >= 0.3 is 5.97 Å². The van der Waals surface area contributed by atoms with Gasteiger partial charge in [0.15, 0.2) is 0 Å². The van der Waals surface area contributed by atoms with Crippen LogP contribution >= 0.6 is 0 Å². The maximum Gasteiger partial charge on any atom is 0.322 e. The van der Waals surface area contributed by atoms with E-state index in [1.807, 2.05) is 6.92 Å². The van der Waals surface area contributed by atoms with Gasteiger partial charge in [-0.05, 0) is 6.92 Å². The molecule has 1 aromatic heterocycles. The topological polar surface area (TPSA) is 93.2 Å². The summed E-state index contributed by atoms with van der Waals surface area (Å²) in [4.78, 5) is 10.4. The molecule has 1 unspecified atom stereocenters. The average Bonchev–Trinajstić information content (AvgIpc) is 2.61. The highest BCUT2D eigenvalue weighted by Crippen LogP contribution is 2.03. The maximum absolute atomic E-state index is 10.4. The van der Waals surface area contributed by atoms with Gasteiger partial charge in [-0.25, -0.2) is 0 Å². The van der Waals surface area contributed by atoms with Crippen LogP contribution in [0, 0.1) is 0 Å². The molecule has 6 nitrogen and oxygen atoms in total. The Balaban J connectivity index is 2.41. The zero-order chi connectivity index (χ0) is 10.6. The Bertz CT molecular complexity index is 310. The highest BCUT2D eigenvalue weighted by Gasteiger charge is 2.10. The number of anilines is 1. The van der Waals surface area contributed by atoms with Crippen LogP contribution in [0.4, 0.5) is 5.69 Å². The van der Waals surface area contributed by atoms with Gasteiger partial charge in [-0.2, -0.15) is 5.10 Å². The molecule has 6 heteroatoms. The lowest BCUT2D eigenvalue weighted by molar-refractivity contribution is -0.138. The number of rotatable bonds is 5. The van der Waals surface area contributed by atoms with Gasteiger partial charge in [0.2, 0.25) is 0 Å². The second-order valence-corrected chi connectivity index (χ2v) is 2.91. The van der Waals surface area contributed by atoms with E-state index in [1.54, 1.807) is 17.1 Å². The molecule has 1 aromatic rings. The molecular weight excluding hydrogens is 184 g/mol. The Kier molecular flexibility index (Phi) is 3.47. The largest absolute Gasteiger partial charge is 0.480 e. The molecular formula is C8H14N4O2. The number of nitrogens with two attached hydrogens (primary N) is 1. The smallest absolute Gasteiger partial charge is 0.322 e. The summed E-state index contributed by atoms with van der Waals surface area (Å²) in [6, 6.07) is -0.889. The second-order valence-electron chi connectivity index (χ2n) is 2.91. The van der Waals surface area contributed by atoms with Crippen molar-refractivity contribution in [2.45, 2.75) is 19.5 Å². The first kappa shape index (κ1) is 10.5. The number of carboxylic acids is 1. The number of aliphatic carboxylic acids is 1. The Morgan fingerprint density at radius 3 is 3.07 bits per heavy atom. The number of hydrogen-bond donors (Lipinski definition) is 3. The second kappa shape index (κ2) is 4.61. The van der Waals surface area contributed by atoms with E-state index in [2.05, 4.69) is 10.4 Å². The van der Waals surface area contributed by atoms with Crippen LogP contribution in [0.2, 0.25) is 0 Å². The van der Waals surface area contributed by atoms with Crippen molar-refractivity contribution in [2.24, 2.45) is 5.73 Å². The normalized spacial score (nSPS) is 12.4. The maximum atomic E-state index is 10.4. The van der Waals surface area contributed by atoms with Gasteiger partial charge in [0, 0.05) is 19.3 Å². The van der Waals surface area contributed by atoms with Crippen LogP contribution in [0.3, 0.4) is 0 Å². The predicted octanol–water partition coefficient (Wildman–Crippen LogP) is -0.273. The SMILES string of the molecule is CCn1cc(NCC(N)C(=O)O)cn1. The third kappa shape index (κ3) is 2.74. The number of aryl methyl sites for hydroxylation is 1. The third-order valence-electron chi connectivity index (χ3n) is 1.80. The number of aromatic nitrogens is 2. The Morgan fingerprint density at radius 2 is 2.57 bits per heavy atom. The van der Waals surface area contributed by atoms with Crippen molar-refractivity contribution >= 4 is 11.7 Å². The Hall–Kier alpha value is -1.56. The molecule has 0 saturated carbocycles. The molecule has 1 atom stereocenters. The van der Waals surface area contributed by atoms with E-state index in [1.165, 1.54) is 0 Å². The summed E-state index contributed by atoms with van der Waals surface area (Å²) in [5.41, 5.74) is 6.10. The molecule has 0 aliphatic heterocycles. The number of carbonyl (C=O) groups is 1. The van der Waals surface area contributed by atoms with Crippen molar-refractivity contribution in [3.05, 3.63) is 12.4 Å². The Morgan fingerprint density at radius 1 is 1.86 bits per heavy atom. The molecule has 0 aliphatic rings. The molecule has 4 N–H and O–H groups in total. The van der Waals surface area contributed by atoms with Crippen molar-refractivity contribution < 1.29 is 9.90 Å². The highest BCUT2D eigenvalue weighted by atomic mass is 16.4. The molecule has 14 heavy (non-hydrogen) atoms. The summed E-state index contributed by atoms with van der Waals surface area (Å²) < 4.78 is 1.74. The fourth-order valence-electron chi connectivity index (χ4n) is 0.943. The van der Waals surface area contributed by atoms with E-state index in [-0.39, 0.29) is 6.54 Å². The van der Waals surface area contributed by atoms with Gasteiger partial charge in [-0.1, -0.05) is 0 Å². The number of hydrogen-bond acceptors (Lipinski definition) is 4. The minimum Gasteiger partial charge on any atom is -0.480 e. The molecule has 0 spiro atoms. The molecule has 0 radical (unpaired) electrons. The van der Waals surface area contributed by atoms with Gasteiger partial charge in [0.05, 0.1) is 11.9 Å².